The normalized spacial score (nSPS) is 25.0. The summed E-state index contributed by atoms with van der Waals surface area (Å²) in [7, 11) is -4.33. The van der Waals surface area contributed by atoms with Crippen molar-refractivity contribution in [3.63, 3.8) is 0 Å². The van der Waals surface area contributed by atoms with Gasteiger partial charge in [-0.15, -0.1) is 0 Å². The van der Waals surface area contributed by atoms with Crippen molar-refractivity contribution in [2.24, 2.45) is 21.3 Å². The van der Waals surface area contributed by atoms with Gasteiger partial charge >= 0.3 is 0 Å². The molecule has 5 aliphatic rings. The zero-order valence-electron chi connectivity index (χ0n) is 40.2. The van der Waals surface area contributed by atoms with E-state index in [4.69, 9.17) is 37.7 Å². The predicted molar refractivity (Wildman–Crippen MR) is 269 cm³/mol. The molecule has 0 amide bonds. The smallest absolute Gasteiger partial charge is 0.297 e. The summed E-state index contributed by atoms with van der Waals surface area (Å²) in [5.74, 6) is 2.83. The summed E-state index contributed by atoms with van der Waals surface area (Å²) >= 11 is 5.86. The number of nitriles is 1. The third kappa shape index (κ3) is 12.6. The fourth-order valence-corrected chi connectivity index (χ4v) is 13.7. The Morgan fingerprint density at radius 3 is 1.75 bits per heavy atom. The van der Waals surface area contributed by atoms with Gasteiger partial charge in [0, 0.05) is 76.0 Å². The topological polar surface area (TPSA) is 141 Å². The molecule has 3 aromatic carbocycles. The molecule has 0 bridgehead atoms. The van der Waals surface area contributed by atoms with Crippen LogP contribution in [0.4, 0.5) is 15.8 Å². The van der Waals surface area contributed by atoms with E-state index < -0.39 is 44.8 Å². The Morgan fingerprint density at radius 1 is 0.721 bits per heavy atom. The van der Waals surface area contributed by atoms with Gasteiger partial charge in [-0.1, -0.05) is 31.2 Å². The Hall–Kier alpha value is -2.93. The summed E-state index contributed by atoms with van der Waals surface area (Å²) in [6, 6.07) is 21.1. The number of thioether (sulfide) groups is 3. The maximum absolute atomic E-state index is 16.4. The van der Waals surface area contributed by atoms with Gasteiger partial charge < -0.3 is 33.3 Å². The first-order valence-corrected chi connectivity index (χ1v) is 28.0. The molecule has 18 heteroatoms. The van der Waals surface area contributed by atoms with Gasteiger partial charge in [-0.05, 0) is 95.1 Å². The number of hydrazone groups is 1. The second-order valence-corrected chi connectivity index (χ2v) is 25.4. The molecule has 68 heavy (non-hydrogen) atoms. The number of benzene rings is 3. The molecule has 0 saturated carbocycles. The predicted octanol–water partition coefficient (Wildman–Crippen LogP) is 9.11. The van der Waals surface area contributed by atoms with E-state index in [-0.39, 0.29) is 41.2 Å². The van der Waals surface area contributed by atoms with Crippen LogP contribution in [0.1, 0.15) is 77.6 Å². The van der Waals surface area contributed by atoms with Crippen molar-refractivity contribution < 1.29 is 45.4 Å². The lowest BCUT2D eigenvalue weighted by Gasteiger charge is -2.45. The van der Waals surface area contributed by atoms with Gasteiger partial charge in [0.2, 0.25) is 0 Å². The van der Waals surface area contributed by atoms with Gasteiger partial charge in [0.1, 0.15) is 5.82 Å². The number of ether oxygens (including phenoxy) is 6. The Kier molecular flexibility index (Phi) is 15.6. The minimum absolute atomic E-state index is 0.115. The van der Waals surface area contributed by atoms with Gasteiger partial charge in [-0.2, -0.15) is 54.1 Å². The van der Waals surface area contributed by atoms with E-state index in [2.05, 4.69) is 35.2 Å². The third-order valence-corrected chi connectivity index (χ3v) is 18.5. The molecule has 0 aliphatic carbocycles. The third-order valence-electron chi connectivity index (χ3n) is 13.0. The van der Waals surface area contributed by atoms with E-state index in [9.17, 15) is 13.7 Å². The van der Waals surface area contributed by atoms with Crippen LogP contribution >= 0.6 is 35.3 Å². The first-order valence-electron chi connectivity index (χ1n) is 23.2. The summed E-state index contributed by atoms with van der Waals surface area (Å²) in [6.07, 6.45) is 0.446. The van der Waals surface area contributed by atoms with Crippen molar-refractivity contribution in [1.82, 2.24) is 0 Å². The summed E-state index contributed by atoms with van der Waals surface area (Å²) < 4.78 is 85.3. The van der Waals surface area contributed by atoms with E-state index in [1.54, 1.807) is 31.0 Å². The molecule has 1 atom stereocenters. The molecular formula is C50H65FN4O9S4. The van der Waals surface area contributed by atoms with Crippen LogP contribution in [0, 0.1) is 33.4 Å². The Balaban J connectivity index is 1.01. The average Bonchev–Trinajstić information content (AvgIpc) is 3.76. The summed E-state index contributed by atoms with van der Waals surface area (Å²) in [4.78, 5) is 2.14. The lowest BCUT2D eigenvalue weighted by Crippen LogP contribution is -2.51. The number of hydrogen-bond acceptors (Lipinski definition) is 16. The number of anilines is 2. The molecule has 2 spiro atoms. The van der Waals surface area contributed by atoms with E-state index in [1.807, 2.05) is 82.0 Å². The van der Waals surface area contributed by atoms with Crippen molar-refractivity contribution in [3.05, 3.63) is 89.2 Å². The molecular weight excluding hydrogens is 948 g/mol. The van der Waals surface area contributed by atoms with Crippen molar-refractivity contribution in [2.45, 2.75) is 83.2 Å². The van der Waals surface area contributed by atoms with Gasteiger partial charge in [0.15, 0.2) is 17.4 Å². The highest BCUT2D eigenvalue weighted by atomic mass is 32.2. The fourth-order valence-electron chi connectivity index (χ4n) is 8.46. The van der Waals surface area contributed by atoms with Crippen LogP contribution in [0.15, 0.2) is 76.7 Å². The number of halogens is 1. The van der Waals surface area contributed by atoms with Gasteiger partial charge in [0.05, 0.1) is 80.2 Å². The Bertz CT molecular complexity index is 2360. The lowest BCUT2D eigenvalue weighted by atomic mass is 9.93. The molecule has 370 valence electrons. The molecule has 1 unspecified atom stereocenters. The highest BCUT2D eigenvalue weighted by Gasteiger charge is 2.44. The highest BCUT2D eigenvalue weighted by Crippen LogP contribution is 2.42. The zero-order chi connectivity index (χ0) is 48.4. The molecule has 5 aliphatic heterocycles. The van der Waals surface area contributed by atoms with Crippen LogP contribution < -0.4 is 9.91 Å². The van der Waals surface area contributed by atoms with E-state index in [0.29, 0.717) is 44.1 Å². The van der Waals surface area contributed by atoms with Gasteiger partial charge in [-0.3, -0.25) is 9.19 Å². The van der Waals surface area contributed by atoms with Crippen LogP contribution in [-0.2, 0) is 42.7 Å². The van der Waals surface area contributed by atoms with E-state index >= 15 is 4.39 Å². The fraction of sp³-hybridized carbons (Fsp3) is 0.600. The van der Waals surface area contributed by atoms with E-state index in [1.165, 1.54) is 12.1 Å². The maximum atomic E-state index is 16.4. The Labute approximate surface area is 414 Å². The number of hydrogen-bond donors (Lipinski definition) is 0. The van der Waals surface area contributed by atoms with E-state index in [0.717, 1.165) is 70.5 Å². The number of rotatable bonds is 8. The average molecular weight is 1010 g/mol. The van der Waals surface area contributed by atoms with Crippen LogP contribution in [0.2, 0.25) is 0 Å². The second-order valence-electron chi connectivity index (χ2n) is 20.5. The SMILES string of the molecule is CC1(COS(=O)(=O)c2ccc(N3N=C(c4ccc(C#N)cc4)CC3c3ccc(N4CCSCC5(COC(C)(C)OC5)CSCC5(COC(C)(C)OC5)CSCC4)cc3)c(F)c2)COC(C)(C)OC1. The largest absolute Gasteiger partial charge is 0.370 e. The van der Waals surface area contributed by atoms with Gasteiger partial charge in [0.25, 0.3) is 10.1 Å². The standard InChI is InChI=1S/C50H65FN4O9S4/c1-45(2)58-25-48(7,26-59-45)27-64-68(56,57)40-16-17-43(41(51)22-40)55-44(23-42(53-55)37-10-8-36(24-52)9-11-37)38-12-14-39(15-13-38)54-18-20-65-32-49(28-60-46(3,4)61-29-49)34-67-35-50(33-66-21-19-54)30-62-47(5,6)63-31-50/h8-17,22,44H,18-21,23,25-35H2,1-7H3. The highest BCUT2D eigenvalue weighted by molar-refractivity contribution is 8.00. The van der Waals surface area contributed by atoms with Crippen LogP contribution in [0.3, 0.4) is 0 Å². The quantitative estimate of drug-likeness (QED) is 0.198. The van der Waals surface area contributed by atoms with Crippen molar-refractivity contribution in [2.75, 3.05) is 104 Å². The van der Waals surface area contributed by atoms with Crippen molar-refractivity contribution in [3.8, 4) is 6.07 Å². The summed E-state index contributed by atoms with van der Waals surface area (Å²) in [6.45, 7) is 17.9. The van der Waals surface area contributed by atoms with Crippen LogP contribution in [-0.4, -0.2) is 125 Å². The molecule has 4 saturated heterocycles. The summed E-state index contributed by atoms with van der Waals surface area (Å²) in [5.41, 5.74) is 3.23. The first-order chi connectivity index (χ1) is 32.2. The molecule has 8 rings (SSSR count). The Morgan fingerprint density at radius 2 is 1.24 bits per heavy atom. The molecule has 13 nitrogen and oxygen atoms in total. The molecule has 0 radical (unpaired) electrons. The van der Waals surface area contributed by atoms with Crippen LogP contribution in [0.5, 0.6) is 0 Å². The monoisotopic (exact) mass is 1010 g/mol. The van der Waals surface area contributed by atoms with Crippen molar-refractivity contribution >= 4 is 62.5 Å². The van der Waals surface area contributed by atoms with Crippen LogP contribution in [0.25, 0.3) is 0 Å². The number of nitrogens with zero attached hydrogens (tertiary/aromatic N) is 4. The molecule has 4 fully saturated rings. The minimum Gasteiger partial charge on any atom is -0.370 e. The molecule has 5 heterocycles. The second kappa shape index (κ2) is 20.7. The molecule has 3 aromatic rings. The zero-order valence-corrected chi connectivity index (χ0v) is 43.5. The molecule has 0 N–H and O–H groups in total. The molecule has 0 aromatic heterocycles. The van der Waals surface area contributed by atoms with Gasteiger partial charge in [-0.25, -0.2) is 4.39 Å². The maximum Gasteiger partial charge on any atom is 0.297 e. The lowest BCUT2D eigenvalue weighted by molar-refractivity contribution is -0.285. The van der Waals surface area contributed by atoms with Crippen molar-refractivity contribution in [1.29, 1.82) is 5.26 Å². The minimum atomic E-state index is -4.33. The summed E-state index contributed by atoms with van der Waals surface area (Å²) in [5, 5.41) is 16.0. The first kappa shape index (κ1) is 51.4.